The van der Waals surface area contributed by atoms with E-state index in [1.54, 1.807) is 18.3 Å². The van der Waals surface area contributed by atoms with Crippen LogP contribution in [-0.2, 0) is 11.2 Å². The van der Waals surface area contributed by atoms with Crippen LogP contribution in [0.1, 0.15) is 66.3 Å². The molecule has 1 aliphatic carbocycles. The van der Waals surface area contributed by atoms with Gasteiger partial charge < -0.3 is 9.42 Å². The van der Waals surface area contributed by atoms with Crippen LogP contribution >= 0.6 is 0 Å². The number of pyridine rings is 1. The summed E-state index contributed by atoms with van der Waals surface area (Å²) < 4.78 is 18.9. The number of rotatable bonds is 5. The van der Waals surface area contributed by atoms with Gasteiger partial charge in [-0.15, -0.1) is 0 Å². The first-order valence-electron chi connectivity index (χ1n) is 10.9. The van der Waals surface area contributed by atoms with Gasteiger partial charge in [-0.3, -0.25) is 9.78 Å². The number of nitrogens with zero attached hydrogens (tertiary/aromatic N) is 4. The largest absolute Gasteiger partial charge is 0.341 e. The Hall–Kier alpha value is -3.09. The molecule has 2 atom stereocenters. The topological polar surface area (TPSA) is 72.1 Å². The van der Waals surface area contributed by atoms with Gasteiger partial charge in [0.1, 0.15) is 5.82 Å². The summed E-state index contributed by atoms with van der Waals surface area (Å²) in [5.74, 6) is 1.47. The van der Waals surface area contributed by atoms with E-state index in [2.05, 4.69) is 10.1 Å². The van der Waals surface area contributed by atoms with Crippen molar-refractivity contribution < 1.29 is 13.7 Å². The van der Waals surface area contributed by atoms with Gasteiger partial charge in [0.05, 0.1) is 12.3 Å². The number of hydrogen-bond acceptors (Lipinski definition) is 5. The molecule has 2 aromatic heterocycles. The minimum absolute atomic E-state index is 0.0125. The van der Waals surface area contributed by atoms with Crippen molar-refractivity contribution in [3.05, 3.63) is 77.5 Å². The summed E-state index contributed by atoms with van der Waals surface area (Å²) >= 11 is 0. The van der Waals surface area contributed by atoms with Gasteiger partial charge in [0, 0.05) is 37.3 Å². The van der Waals surface area contributed by atoms with Crippen LogP contribution in [0.4, 0.5) is 4.39 Å². The van der Waals surface area contributed by atoms with Crippen LogP contribution < -0.4 is 0 Å². The summed E-state index contributed by atoms with van der Waals surface area (Å²) in [4.78, 5) is 23.9. The van der Waals surface area contributed by atoms with Crippen LogP contribution in [0.5, 0.6) is 0 Å². The standard InChI is InChI=1S/C24H25FN4O2/c25-19-9-7-16(8-10-19)12-22(30)29-14-20(18-6-3-11-26-13-18)21(15-29)24-27-23(28-31-24)17-4-1-2-5-17/h3,6-11,13,17,20-21H,1-2,4-5,12,14-15H2/t20-,21+/m0/s1. The van der Waals surface area contributed by atoms with Crippen molar-refractivity contribution in [1.82, 2.24) is 20.0 Å². The lowest BCUT2D eigenvalue weighted by Crippen LogP contribution is -2.30. The lowest BCUT2D eigenvalue weighted by molar-refractivity contribution is -0.129. The summed E-state index contributed by atoms with van der Waals surface area (Å²) in [6, 6.07) is 10.0. The number of halogens is 1. The van der Waals surface area contributed by atoms with Gasteiger partial charge in [-0.2, -0.15) is 4.98 Å². The van der Waals surface area contributed by atoms with E-state index in [4.69, 9.17) is 9.51 Å². The zero-order chi connectivity index (χ0) is 21.2. The summed E-state index contributed by atoms with van der Waals surface area (Å²) in [5.41, 5.74) is 1.86. The SMILES string of the molecule is O=C(Cc1ccc(F)cc1)N1C[C@@H](c2cccnc2)[C@H](c2nc(C3CCCC3)no2)C1. The van der Waals surface area contributed by atoms with E-state index in [0.29, 0.717) is 24.9 Å². The lowest BCUT2D eigenvalue weighted by Gasteiger charge is -2.16. The smallest absolute Gasteiger partial charge is 0.232 e. The number of benzene rings is 1. The molecule has 6 nitrogen and oxygen atoms in total. The Kier molecular flexibility index (Phi) is 5.49. The molecule has 160 valence electrons. The number of amides is 1. The van der Waals surface area contributed by atoms with Crippen molar-refractivity contribution in [3.8, 4) is 0 Å². The zero-order valence-electron chi connectivity index (χ0n) is 17.3. The minimum atomic E-state index is -0.302. The maximum Gasteiger partial charge on any atom is 0.232 e. The Labute approximate surface area is 180 Å². The molecule has 3 heterocycles. The van der Waals surface area contributed by atoms with Gasteiger partial charge in [-0.1, -0.05) is 36.2 Å². The highest BCUT2D eigenvalue weighted by Crippen LogP contribution is 2.40. The number of carbonyl (C=O) groups excluding carboxylic acids is 1. The van der Waals surface area contributed by atoms with E-state index < -0.39 is 0 Å². The Bertz CT molecular complexity index is 1030. The minimum Gasteiger partial charge on any atom is -0.341 e. The van der Waals surface area contributed by atoms with E-state index >= 15 is 0 Å². The third kappa shape index (κ3) is 4.22. The second kappa shape index (κ2) is 8.57. The molecule has 1 amide bonds. The maximum absolute atomic E-state index is 13.2. The molecule has 1 aromatic carbocycles. The van der Waals surface area contributed by atoms with E-state index in [1.165, 1.54) is 25.0 Å². The normalized spacial score (nSPS) is 21.6. The Balaban J connectivity index is 1.37. The highest BCUT2D eigenvalue weighted by molar-refractivity contribution is 5.79. The van der Waals surface area contributed by atoms with Crippen LogP contribution in [0, 0.1) is 5.82 Å². The third-order valence-electron chi connectivity index (χ3n) is 6.55. The van der Waals surface area contributed by atoms with Crippen LogP contribution in [0.3, 0.4) is 0 Å². The zero-order valence-corrected chi connectivity index (χ0v) is 17.3. The van der Waals surface area contributed by atoms with Crippen molar-refractivity contribution >= 4 is 5.91 Å². The fraction of sp³-hybridized carbons (Fsp3) is 0.417. The third-order valence-corrected chi connectivity index (χ3v) is 6.55. The monoisotopic (exact) mass is 420 g/mol. The summed E-state index contributed by atoms with van der Waals surface area (Å²) in [6.07, 6.45) is 8.47. The molecular weight excluding hydrogens is 395 g/mol. The average molecular weight is 420 g/mol. The van der Waals surface area contributed by atoms with Crippen molar-refractivity contribution in [2.24, 2.45) is 0 Å². The molecular formula is C24H25FN4O2. The van der Waals surface area contributed by atoms with Crippen LogP contribution in [-0.4, -0.2) is 39.0 Å². The highest BCUT2D eigenvalue weighted by Gasteiger charge is 2.40. The van der Waals surface area contributed by atoms with Crippen LogP contribution in [0.15, 0.2) is 53.3 Å². The van der Waals surface area contributed by atoms with Crippen molar-refractivity contribution in [1.29, 1.82) is 0 Å². The van der Waals surface area contributed by atoms with Crippen molar-refractivity contribution in [3.63, 3.8) is 0 Å². The Morgan fingerprint density at radius 3 is 2.61 bits per heavy atom. The van der Waals surface area contributed by atoms with E-state index in [0.717, 1.165) is 29.8 Å². The fourth-order valence-corrected chi connectivity index (χ4v) is 4.83. The fourth-order valence-electron chi connectivity index (χ4n) is 4.83. The molecule has 0 bridgehead atoms. The Morgan fingerprint density at radius 2 is 1.87 bits per heavy atom. The quantitative estimate of drug-likeness (QED) is 0.618. The number of aromatic nitrogens is 3. The van der Waals surface area contributed by atoms with Gasteiger partial charge in [-0.05, 0) is 42.2 Å². The molecule has 31 heavy (non-hydrogen) atoms. The van der Waals surface area contributed by atoms with Gasteiger partial charge in [0.15, 0.2) is 5.82 Å². The number of likely N-dealkylation sites (tertiary alicyclic amines) is 1. The molecule has 7 heteroatoms. The second-order valence-corrected chi connectivity index (χ2v) is 8.57. The summed E-state index contributed by atoms with van der Waals surface area (Å²) in [7, 11) is 0. The first-order valence-corrected chi connectivity index (χ1v) is 10.9. The molecule has 0 unspecified atom stereocenters. The first-order chi connectivity index (χ1) is 15.2. The Morgan fingerprint density at radius 1 is 1.10 bits per heavy atom. The van der Waals surface area contributed by atoms with Crippen molar-refractivity contribution in [2.75, 3.05) is 13.1 Å². The number of hydrogen-bond donors (Lipinski definition) is 0. The average Bonchev–Trinajstić information content (AvgIpc) is 3.55. The molecule has 5 rings (SSSR count). The molecule has 0 spiro atoms. The van der Waals surface area contributed by atoms with E-state index in [-0.39, 0.29) is 30.0 Å². The first kappa shape index (κ1) is 19.8. The predicted molar refractivity (Wildman–Crippen MR) is 112 cm³/mol. The van der Waals surface area contributed by atoms with E-state index in [9.17, 15) is 9.18 Å². The molecule has 0 radical (unpaired) electrons. The number of carbonyl (C=O) groups is 1. The van der Waals surface area contributed by atoms with Gasteiger partial charge >= 0.3 is 0 Å². The molecule has 2 fully saturated rings. The van der Waals surface area contributed by atoms with Gasteiger partial charge in [-0.25, -0.2) is 4.39 Å². The van der Waals surface area contributed by atoms with Gasteiger partial charge in [0.2, 0.25) is 11.8 Å². The van der Waals surface area contributed by atoms with Crippen LogP contribution in [0.2, 0.25) is 0 Å². The van der Waals surface area contributed by atoms with Gasteiger partial charge in [0.25, 0.3) is 0 Å². The molecule has 0 N–H and O–H groups in total. The predicted octanol–water partition coefficient (Wildman–Crippen LogP) is 4.21. The molecule has 1 saturated heterocycles. The highest BCUT2D eigenvalue weighted by atomic mass is 19.1. The second-order valence-electron chi connectivity index (χ2n) is 8.57. The molecule has 1 saturated carbocycles. The maximum atomic E-state index is 13.2. The van der Waals surface area contributed by atoms with E-state index in [1.807, 2.05) is 23.2 Å². The molecule has 1 aliphatic heterocycles. The summed E-state index contributed by atoms with van der Waals surface area (Å²) in [5, 5.41) is 4.28. The van der Waals surface area contributed by atoms with Crippen molar-refractivity contribution in [2.45, 2.75) is 49.9 Å². The molecule has 3 aromatic rings. The molecule has 2 aliphatic rings. The lowest BCUT2D eigenvalue weighted by atomic mass is 9.90. The van der Waals surface area contributed by atoms with Crippen LogP contribution in [0.25, 0.3) is 0 Å². The summed E-state index contributed by atoms with van der Waals surface area (Å²) in [6.45, 7) is 1.09.